The van der Waals surface area contributed by atoms with Crippen LogP contribution >= 0.6 is 0 Å². The minimum atomic E-state index is -0.634. The Bertz CT molecular complexity index is 860. The smallest absolute Gasteiger partial charge is 0.338 e. The van der Waals surface area contributed by atoms with E-state index in [2.05, 4.69) is 5.32 Å². The summed E-state index contributed by atoms with van der Waals surface area (Å²) in [5.74, 6) is -0.998. The maximum absolute atomic E-state index is 12.2. The number of carbonyl (C=O) groups is 3. The number of nitrogens with one attached hydrogen (secondary N) is 1. The second-order valence-corrected chi connectivity index (χ2v) is 6.60. The molecule has 0 aliphatic heterocycles. The Morgan fingerprint density at radius 1 is 1.04 bits per heavy atom. The predicted octanol–water partition coefficient (Wildman–Crippen LogP) is 2.78. The van der Waals surface area contributed by atoms with Gasteiger partial charge < -0.3 is 20.5 Å². The van der Waals surface area contributed by atoms with E-state index in [1.165, 1.54) is 24.3 Å². The SMILES string of the molecule is Cc1cccc(C(C)C)c1NC(=O)COC(=O)c1ccc(OCC(N)=O)cc1. The van der Waals surface area contributed by atoms with Gasteiger partial charge in [-0.15, -0.1) is 0 Å². The Labute approximate surface area is 163 Å². The van der Waals surface area contributed by atoms with Gasteiger partial charge in [0, 0.05) is 5.69 Å². The molecule has 0 unspecified atom stereocenters. The van der Waals surface area contributed by atoms with E-state index in [0.717, 1.165) is 16.8 Å². The molecule has 2 rings (SSSR count). The topological polar surface area (TPSA) is 108 Å². The van der Waals surface area contributed by atoms with Crippen LogP contribution in [0.3, 0.4) is 0 Å². The summed E-state index contributed by atoms with van der Waals surface area (Å²) in [6.45, 7) is 5.35. The fraction of sp³-hybridized carbons (Fsp3) is 0.286. The summed E-state index contributed by atoms with van der Waals surface area (Å²) in [7, 11) is 0. The lowest BCUT2D eigenvalue weighted by atomic mass is 9.98. The fourth-order valence-corrected chi connectivity index (χ4v) is 2.57. The Morgan fingerprint density at radius 2 is 1.71 bits per heavy atom. The number of esters is 1. The van der Waals surface area contributed by atoms with Gasteiger partial charge in [0.05, 0.1) is 5.56 Å². The standard InChI is InChI=1S/C21H24N2O5/c1-13(2)17-6-4-5-14(3)20(17)23-19(25)12-28-21(26)15-7-9-16(10-8-15)27-11-18(22)24/h4-10,13H,11-12H2,1-3H3,(H2,22,24)(H,23,25). The van der Waals surface area contributed by atoms with Crippen LogP contribution in [0.5, 0.6) is 5.75 Å². The zero-order valence-corrected chi connectivity index (χ0v) is 16.2. The first-order chi connectivity index (χ1) is 13.3. The number of rotatable bonds is 8. The highest BCUT2D eigenvalue weighted by atomic mass is 16.5. The number of hydrogen-bond acceptors (Lipinski definition) is 5. The lowest BCUT2D eigenvalue weighted by Gasteiger charge is -2.16. The molecule has 0 saturated carbocycles. The van der Waals surface area contributed by atoms with Crippen molar-refractivity contribution < 1.29 is 23.9 Å². The molecule has 0 spiro atoms. The first-order valence-corrected chi connectivity index (χ1v) is 8.85. The van der Waals surface area contributed by atoms with E-state index in [4.69, 9.17) is 15.2 Å². The van der Waals surface area contributed by atoms with E-state index < -0.39 is 24.4 Å². The highest BCUT2D eigenvalue weighted by Gasteiger charge is 2.14. The second kappa shape index (κ2) is 9.55. The quantitative estimate of drug-likeness (QED) is 0.681. The van der Waals surface area contributed by atoms with E-state index in [0.29, 0.717) is 5.75 Å². The van der Waals surface area contributed by atoms with Crippen molar-refractivity contribution in [3.8, 4) is 5.75 Å². The molecule has 0 aliphatic carbocycles. The van der Waals surface area contributed by atoms with Crippen LogP contribution in [0.1, 0.15) is 41.3 Å². The average molecular weight is 384 g/mol. The Balaban J connectivity index is 1.92. The van der Waals surface area contributed by atoms with Gasteiger partial charge in [-0.3, -0.25) is 9.59 Å². The molecule has 148 valence electrons. The first-order valence-electron chi connectivity index (χ1n) is 8.85. The van der Waals surface area contributed by atoms with Crippen LogP contribution in [0.2, 0.25) is 0 Å². The minimum Gasteiger partial charge on any atom is -0.484 e. The summed E-state index contributed by atoms with van der Waals surface area (Å²) in [5, 5.41) is 2.82. The van der Waals surface area contributed by atoms with Gasteiger partial charge in [0.15, 0.2) is 13.2 Å². The molecular weight excluding hydrogens is 360 g/mol. The van der Waals surface area contributed by atoms with Crippen molar-refractivity contribution >= 4 is 23.5 Å². The van der Waals surface area contributed by atoms with Crippen molar-refractivity contribution in [3.05, 3.63) is 59.2 Å². The van der Waals surface area contributed by atoms with Gasteiger partial charge in [0.1, 0.15) is 5.75 Å². The van der Waals surface area contributed by atoms with Crippen molar-refractivity contribution in [1.82, 2.24) is 0 Å². The number of anilines is 1. The van der Waals surface area contributed by atoms with Crippen LogP contribution in [0.15, 0.2) is 42.5 Å². The van der Waals surface area contributed by atoms with Crippen molar-refractivity contribution in [3.63, 3.8) is 0 Å². The summed E-state index contributed by atoms with van der Waals surface area (Å²) < 4.78 is 10.2. The van der Waals surface area contributed by atoms with Crippen LogP contribution in [-0.2, 0) is 14.3 Å². The first kappa shape index (κ1) is 21.0. The Morgan fingerprint density at radius 3 is 2.32 bits per heavy atom. The average Bonchev–Trinajstić information content (AvgIpc) is 2.66. The van der Waals surface area contributed by atoms with Gasteiger partial charge in [0.25, 0.3) is 11.8 Å². The number of amides is 2. The molecule has 0 aliphatic rings. The van der Waals surface area contributed by atoms with Crippen LogP contribution in [0.25, 0.3) is 0 Å². The van der Waals surface area contributed by atoms with Crippen LogP contribution < -0.4 is 15.8 Å². The second-order valence-electron chi connectivity index (χ2n) is 6.60. The summed E-state index contributed by atoms with van der Waals surface area (Å²) in [6.07, 6.45) is 0. The summed E-state index contributed by atoms with van der Waals surface area (Å²) in [5.41, 5.74) is 7.97. The minimum absolute atomic E-state index is 0.244. The lowest BCUT2D eigenvalue weighted by molar-refractivity contribution is -0.120. The molecule has 7 heteroatoms. The molecule has 2 amide bonds. The molecular formula is C21H24N2O5. The fourth-order valence-electron chi connectivity index (χ4n) is 2.57. The molecule has 0 fully saturated rings. The molecule has 2 aromatic carbocycles. The molecule has 2 aromatic rings. The third kappa shape index (κ3) is 5.84. The van der Waals surface area contributed by atoms with E-state index in [9.17, 15) is 14.4 Å². The molecule has 0 radical (unpaired) electrons. The van der Waals surface area contributed by atoms with Crippen molar-refractivity contribution in [1.29, 1.82) is 0 Å². The molecule has 0 saturated heterocycles. The monoisotopic (exact) mass is 384 g/mol. The predicted molar refractivity (Wildman–Crippen MR) is 105 cm³/mol. The maximum atomic E-state index is 12.2. The van der Waals surface area contributed by atoms with Gasteiger partial charge in [-0.1, -0.05) is 32.0 Å². The number of para-hydroxylation sites is 1. The Hall–Kier alpha value is -3.35. The molecule has 0 bridgehead atoms. The maximum Gasteiger partial charge on any atom is 0.338 e. The molecule has 0 aromatic heterocycles. The van der Waals surface area contributed by atoms with E-state index in [1.54, 1.807) is 0 Å². The summed E-state index contributed by atoms with van der Waals surface area (Å²) in [4.78, 5) is 35.0. The number of ether oxygens (including phenoxy) is 2. The van der Waals surface area contributed by atoms with Gasteiger partial charge in [-0.05, 0) is 48.2 Å². The number of nitrogens with two attached hydrogens (primary N) is 1. The third-order valence-corrected chi connectivity index (χ3v) is 4.00. The zero-order chi connectivity index (χ0) is 20.7. The molecule has 0 heterocycles. The van der Waals surface area contributed by atoms with E-state index in [1.807, 2.05) is 39.0 Å². The number of hydrogen-bond donors (Lipinski definition) is 2. The molecule has 7 nitrogen and oxygen atoms in total. The highest BCUT2D eigenvalue weighted by molar-refractivity contribution is 5.96. The molecule has 0 atom stereocenters. The number of benzene rings is 2. The number of carbonyl (C=O) groups excluding carboxylic acids is 3. The van der Waals surface area contributed by atoms with Crippen LogP contribution in [0, 0.1) is 6.92 Å². The summed E-state index contributed by atoms with van der Waals surface area (Å²) in [6, 6.07) is 11.8. The Kier molecular flexibility index (Phi) is 7.14. The number of primary amides is 1. The third-order valence-electron chi connectivity index (χ3n) is 4.00. The van der Waals surface area contributed by atoms with Crippen LogP contribution in [0.4, 0.5) is 5.69 Å². The van der Waals surface area contributed by atoms with Crippen molar-refractivity contribution in [2.45, 2.75) is 26.7 Å². The lowest BCUT2D eigenvalue weighted by Crippen LogP contribution is -2.22. The molecule has 3 N–H and O–H groups in total. The van der Waals surface area contributed by atoms with Gasteiger partial charge >= 0.3 is 5.97 Å². The van der Waals surface area contributed by atoms with E-state index >= 15 is 0 Å². The largest absolute Gasteiger partial charge is 0.484 e. The van der Waals surface area contributed by atoms with Gasteiger partial charge in [-0.25, -0.2) is 4.79 Å². The highest BCUT2D eigenvalue weighted by Crippen LogP contribution is 2.27. The van der Waals surface area contributed by atoms with E-state index in [-0.39, 0.29) is 18.1 Å². The van der Waals surface area contributed by atoms with Crippen molar-refractivity contribution in [2.75, 3.05) is 18.5 Å². The van der Waals surface area contributed by atoms with Crippen LogP contribution in [-0.4, -0.2) is 31.0 Å². The van der Waals surface area contributed by atoms with Crippen molar-refractivity contribution in [2.24, 2.45) is 5.73 Å². The van der Waals surface area contributed by atoms with Gasteiger partial charge in [0.2, 0.25) is 0 Å². The summed E-state index contributed by atoms with van der Waals surface area (Å²) >= 11 is 0. The van der Waals surface area contributed by atoms with Gasteiger partial charge in [-0.2, -0.15) is 0 Å². The zero-order valence-electron chi connectivity index (χ0n) is 16.2. The number of aryl methyl sites for hydroxylation is 1. The normalized spacial score (nSPS) is 10.4. The molecule has 28 heavy (non-hydrogen) atoms.